The van der Waals surface area contributed by atoms with Crippen LogP contribution in [0.2, 0.25) is 0 Å². The van der Waals surface area contributed by atoms with Gasteiger partial charge in [0.05, 0.1) is 5.60 Å². The Labute approximate surface area is 104 Å². The highest BCUT2D eigenvalue weighted by atomic mass is 16.3. The lowest BCUT2D eigenvalue weighted by Crippen LogP contribution is -2.37. The number of benzene rings is 1. The third-order valence-corrected chi connectivity index (χ3v) is 3.75. The summed E-state index contributed by atoms with van der Waals surface area (Å²) in [7, 11) is 0. The molecule has 0 amide bonds. The van der Waals surface area contributed by atoms with Gasteiger partial charge in [-0.3, -0.25) is 0 Å². The Morgan fingerprint density at radius 1 is 1.12 bits per heavy atom. The molecule has 2 heteroatoms. The quantitative estimate of drug-likeness (QED) is 0.819. The summed E-state index contributed by atoms with van der Waals surface area (Å²) < 4.78 is 0. The van der Waals surface area contributed by atoms with Gasteiger partial charge in [-0.1, -0.05) is 44.0 Å². The monoisotopic (exact) mass is 233 g/mol. The van der Waals surface area contributed by atoms with Crippen molar-refractivity contribution < 1.29 is 5.11 Å². The van der Waals surface area contributed by atoms with Gasteiger partial charge in [-0.15, -0.1) is 0 Å². The van der Waals surface area contributed by atoms with E-state index in [1.54, 1.807) is 0 Å². The molecule has 0 unspecified atom stereocenters. The van der Waals surface area contributed by atoms with Crippen LogP contribution in [0.1, 0.15) is 43.7 Å². The van der Waals surface area contributed by atoms with Gasteiger partial charge in [0.1, 0.15) is 0 Å². The molecular formula is C15H23NO. The fourth-order valence-electron chi connectivity index (χ4n) is 2.54. The van der Waals surface area contributed by atoms with Gasteiger partial charge < -0.3 is 10.4 Å². The van der Waals surface area contributed by atoms with E-state index in [2.05, 4.69) is 36.5 Å². The van der Waals surface area contributed by atoms with Crippen molar-refractivity contribution in [3.63, 3.8) is 0 Å². The maximum atomic E-state index is 10.2. The highest BCUT2D eigenvalue weighted by Crippen LogP contribution is 2.28. The second-order valence-corrected chi connectivity index (χ2v) is 5.21. The normalized spacial score (nSPS) is 18.5. The van der Waals surface area contributed by atoms with Crippen LogP contribution in [0.3, 0.4) is 0 Å². The largest absolute Gasteiger partial charge is 0.389 e. The van der Waals surface area contributed by atoms with Crippen molar-refractivity contribution in [3.8, 4) is 0 Å². The van der Waals surface area contributed by atoms with Gasteiger partial charge >= 0.3 is 0 Å². The van der Waals surface area contributed by atoms with E-state index in [4.69, 9.17) is 0 Å². The number of rotatable bonds is 5. The molecule has 1 aromatic rings. The average molecular weight is 233 g/mol. The van der Waals surface area contributed by atoms with Crippen LogP contribution in [0.15, 0.2) is 24.3 Å². The molecule has 1 aromatic carbocycles. The molecule has 0 heterocycles. The molecule has 0 atom stereocenters. The molecule has 0 bridgehead atoms. The summed E-state index contributed by atoms with van der Waals surface area (Å²) in [5.74, 6) is 0. The van der Waals surface area contributed by atoms with Gasteiger partial charge in [0.2, 0.25) is 0 Å². The van der Waals surface area contributed by atoms with E-state index < -0.39 is 5.60 Å². The lowest BCUT2D eigenvalue weighted by molar-refractivity contribution is 0.0475. The minimum atomic E-state index is -0.441. The van der Waals surface area contributed by atoms with Crippen LogP contribution in [-0.2, 0) is 13.0 Å². The summed E-state index contributed by atoms with van der Waals surface area (Å²) in [4.78, 5) is 0. The zero-order valence-corrected chi connectivity index (χ0v) is 10.7. The van der Waals surface area contributed by atoms with Crippen molar-refractivity contribution >= 4 is 0 Å². The van der Waals surface area contributed by atoms with Crippen molar-refractivity contribution in [3.05, 3.63) is 35.4 Å². The average Bonchev–Trinajstić information content (AvgIpc) is 2.77. The molecule has 0 radical (unpaired) electrons. The Kier molecular flexibility index (Phi) is 4.19. The second kappa shape index (κ2) is 5.65. The van der Waals surface area contributed by atoms with Gasteiger partial charge in [0.25, 0.3) is 0 Å². The Bertz CT molecular complexity index is 338. The fourth-order valence-corrected chi connectivity index (χ4v) is 2.54. The molecule has 0 saturated heterocycles. The van der Waals surface area contributed by atoms with E-state index in [0.717, 1.165) is 32.4 Å². The molecule has 2 rings (SSSR count). The molecule has 94 valence electrons. The predicted octanol–water partition coefficient (Wildman–Crippen LogP) is 2.64. The van der Waals surface area contributed by atoms with E-state index in [1.807, 2.05) is 0 Å². The Balaban J connectivity index is 1.77. The van der Waals surface area contributed by atoms with E-state index in [-0.39, 0.29) is 0 Å². The van der Waals surface area contributed by atoms with Crippen LogP contribution in [0, 0.1) is 0 Å². The van der Waals surface area contributed by atoms with E-state index >= 15 is 0 Å². The summed E-state index contributed by atoms with van der Waals surface area (Å²) in [6, 6.07) is 8.71. The summed E-state index contributed by atoms with van der Waals surface area (Å²) in [6.07, 6.45) is 5.34. The Morgan fingerprint density at radius 2 is 1.71 bits per heavy atom. The zero-order chi connectivity index (χ0) is 12.1. The van der Waals surface area contributed by atoms with Crippen molar-refractivity contribution in [1.82, 2.24) is 5.32 Å². The highest BCUT2D eigenvalue weighted by Gasteiger charge is 2.30. The van der Waals surface area contributed by atoms with Gasteiger partial charge in [-0.25, -0.2) is 0 Å². The number of hydrogen-bond acceptors (Lipinski definition) is 2. The molecule has 1 aliphatic carbocycles. The molecule has 2 N–H and O–H groups in total. The maximum Gasteiger partial charge on any atom is 0.0771 e. The Hall–Kier alpha value is -0.860. The third-order valence-electron chi connectivity index (χ3n) is 3.75. The fraction of sp³-hybridized carbons (Fsp3) is 0.600. The smallest absolute Gasteiger partial charge is 0.0771 e. The molecule has 0 spiro atoms. The van der Waals surface area contributed by atoms with Gasteiger partial charge in [-0.05, 0) is 30.4 Å². The molecular weight excluding hydrogens is 210 g/mol. The molecule has 0 aromatic heterocycles. The first-order valence-electron chi connectivity index (χ1n) is 6.73. The van der Waals surface area contributed by atoms with Crippen molar-refractivity contribution in [2.24, 2.45) is 0 Å². The molecule has 1 saturated carbocycles. The summed E-state index contributed by atoms with van der Waals surface area (Å²) in [5.41, 5.74) is 2.23. The van der Waals surface area contributed by atoms with Gasteiger partial charge in [0.15, 0.2) is 0 Å². The lowest BCUT2D eigenvalue weighted by Gasteiger charge is -2.22. The van der Waals surface area contributed by atoms with Crippen LogP contribution in [-0.4, -0.2) is 17.3 Å². The number of hydrogen-bond donors (Lipinski definition) is 2. The molecule has 2 nitrogen and oxygen atoms in total. The summed E-state index contributed by atoms with van der Waals surface area (Å²) in [5, 5.41) is 13.6. The molecule has 17 heavy (non-hydrogen) atoms. The number of nitrogens with one attached hydrogen (secondary N) is 1. The van der Waals surface area contributed by atoms with Crippen molar-refractivity contribution in [2.75, 3.05) is 6.54 Å². The summed E-state index contributed by atoms with van der Waals surface area (Å²) >= 11 is 0. The van der Waals surface area contributed by atoms with Gasteiger partial charge in [0, 0.05) is 13.1 Å². The topological polar surface area (TPSA) is 32.3 Å². The first kappa shape index (κ1) is 12.6. The predicted molar refractivity (Wildman–Crippen MR) is 70.9 cm³/mol. The van der Waals surface area contributed by atoms with Crippen molar-refractivity contribution in [2.45, 2.75) is 51.2 Å². The first-order chi connectivity index (χ1) is 8.22. The van der Waals surface area contributed by atoms with Crippen LogP contribution in [0.25, 0.3) is 0 Å². The van der Waals surface area contributed by atoms with Crippen LogP contribution in [0.5, 0.6) is 0 Å². The Morgan fingerprint density at radius 3 is 2.29 bits per heavy atom. The minimum Gasteiger partial charge on any atom is -0.389 e. The third kappa shape index (κ3) is 3.55. The summed E-state index contributed by atoms with van der Waals surface area (Å²) in [6.45, 7) is 3.75. The number of aliphatic hydroxyl groups is 1. The van der Waals surface area contributed by atoms with Crippen molar-refractivity contribution in [1.29, 1.82) is 0 Å². The standard InChI is InChI=1S/C15H23NO/c1-2-13-5-7-14(8-6-13)11-16-12-15(17)9-3-4-10-15/h5-8,16-17H,2-4,9-12H2,1H3. The second-order valence-electron chi connectivity index (χ2n) is 5.21. The SMILES string of the molecule is CCc1ccc(CNCC2(O)CCCC2)cc1. The maximum absolute atomic E-state index is 10.2. The molecule has 1 fully saturated rings. The highest BCUT2D eigenvalue weighted by molar-refractivity contribution is 5.22. The zero-order valence-electron chi connectivity index (χ0n) is 10.7. The van der Waals surface area contributed by atoms with Gasteiger partial charge in [-0.2, -0.15) is 0 Å². The minimum absolute atomic E-state index is 0.441. The van der Waals surface area contributed by atoms with Crippen LogP contribution < -0.4 is 5.32 Å². The molecule has 1 aliphatic rings. The molecule has 0 aliphatic heterocycles. The van der Waals surface area contributed by atoms with Crippen LogP contribution in [0.4, 0.5) is 0 Å². The van der Waals surface area contributed by atoms with Crippen LogP contribution >= 0.6 is 0 Å². The van der Waals surface area contributed by atoms with E-state index in [0.29, 0.717) is 0 Å². The van der Waals surface area contributed by atoms with E-state index in [9.17, 15) is 5.11 Å². The van der Waals surface area contributed by atoms with E-state index in [1.165, 1.54) is 24.0 Å². The first-order valence-corrected chi connectivity index (χ1v) is 6.73. The lowest BCUT2D eigenvalue weighted by atomic mass is 10.0. The number of aryl methyl sites for hydroxylation is 1.